The number of hydrogen-bond acceptors (Lipinski definition) is 2. The topological polar surface area (TPSA) is 40.1 Å². The van der Waals surface area contributed by atoms with Crippen LogP contribution in [0.25, 0.3) is 0 Å². The molecule has 122 valence electrons. The maximum atomic E-state index is 10.2. The van der Waals surface area contributed by atoms with Gasteiger partial charge in [0, 0.05) is 5.97 Å². The van der Waals surface area contributed by atoms with Crippen molar-refractivity contribution >= 4 is 33.3 Å². The van der Waals surface area contributed by atoms with E-state index in [-0.39, 0.29) is 33.7 Å². The van der Waals surface area contributed by atoms with Crippen molar-refractivity contribution in [3.8, 4) is 0 Å². The molecule has 0 amide bonds. The summed E-state index contributed by atoms with van der Waals surface area (Å²) in [6.07, 6.45) is 19.9. The minimum atomic E-state index is -0.903. The number of rotatable bonds is 16. The summed E-state index contributed by atoms with van der Waals surface area (Å²) in [6, 6.07) is 0. The number of carboxylic acids is 1. The van der Waals surface area contributed by atoms with Crippen LogP contribution in [0.1, 0.15) is 110 Å². The Morgan fingerprint density at radius 2 is 0.905 bits per heavy atom. The van der Waals surface area contributed by atoms with Crippen molar-refractivity contribution in [3.63, 3.8) is 0 Å². The van der Waals surface area contributed by atoms with E-state index in [4.69, 9.17) is 0 Å². The Morgan fingerprint density at radius 3 is 1.19 bits per heavy atom. The number of aliphatic carboxylic acids is 1. The van der Waals surface area contributed by atoms with Crippen LogP contribution in [0.3, 0.4) is 0 Å². The van der Waals surface area contributed by atoms with E-state index in [0.717, 1.165) is 12.8 Å². The standard InChI is InChI=1S/C18H36O2.Pb/c1-2-3-4-5-6-7-8-9-10-11-12-13-14-15-16-17-18(19)20;/h2-17H2,1H3,(H,19,20);/q;+2/p-1. The Morgan fingerprint density at radius 1 is 0.619 bits per heavy atom. The molecular formula is C18H35O2Pb+. The molecule has 3 heteroatoms. The van der Waals surface area contributed by atoms with E-state index >= 15 is 0 Å². The molecule has 2 nitrogen and oxygen atoms in total. The molecular weight excluding hydrogens is 455 g/mol. The summed E-state index contributed by atoms with van der Waals surface area (Å²) < 4.78 is 0. The number of unbranched alkanes of at least 4 members (excludes halogenated alkanes) is 14. The maximum Gasteiger partial charge on any atom is 2.00 e. The normalized spacial score (nSPS) is 10.3. The Bertz CT molecular complexity index is 207. The van der Waals surface area contributed by atoms with E-state index in [0.29, 0.717) is 0 Å². The van der Waals surface area contributed by atoms with Gasteiger partial charge in [0.15, 0.2) is 0 Å². The van der Waals surface area contributed by atoms with Crippen molar-refractivity contribution in [1.82, 2.24) is 0 Å². The zero-order valence-electron chi connectivity index (χ0n) is 14.1. The smallest absolute Gasteiger partial charge is 0.550 e. The number of carbonyl (C=O) groups excluding carboxylic acids is 1. The van der Waals surface area contributed by atoms with Crippen LogP contribution in [0.4, 0.5) is 0 Å². The van der Waals surface area contributed by atoms with Gasteiger partial charge in [0.2, 0.25) is 0 Å². The zero-order chi connectivity index (χ0) is 14.9. The summed E-state index contributed by atoms with van der Waals surface area (Å²) in [4.78, 5) is 10.2. The summed E-state index contributed by atoms with van der Waals surface area (Å²) in [5.74, 6) is -0.903. The Labute approximate surface area is 152 Å². The zero-order valence-corrected chi connectivity index (χ0v) is 18.0. The van der Waals surface area contributed by atoms with Crippen molar-refractivity contribution < 1.29 is 9.90 Å². The molecule has 0 rings (SSSR count). The Kier molecular flexibility index (Phi) is 23.0. The van der Waals surface area contributed by atoms with E-state index in [1.807, 2.05) is 0 Å². The molecule has 0 saturated carbocycles. The first-order valence-corrected chi connectivity index (χ1v) is 8.97. The van der Waals surface area contributed by atoms with Crippen molar-refractivity contribution in [3.05, 3.63) is 0 Å². The molecule has 0 aromatic carbocycles. The molecule has 0 N–H and O–H groups in total. The first kappa shape index (κ1) is 23.7. The predicted octanol–water partition coefficient (Wildman–Crippen LogP) is 4.62. The SMILES string of the molecule is CCCCCCCCCCCCCCCCCC(=O)[O-].[Pb+2]. The summed E-state index contributed by atoms with van der Waals surface area (Å²) in [5, 5.41) is 10.2. The van der Waals surface area contributed by atoms with Gasteiger partial charge in [-0.1, -0.05) is 96.8 Å². The molecule has 0 aliphatic carbocycles. The molecule has 0 unspecified atom stereocenters. The third kappa shape index (κ3) is 22.8. The van der Waals surface area contributed by atoms with Gasteiger partial charge in [0.05, 0.1) is 0 Å². The molecule has 0 aromatic rings. The average molecular weight is 491 g/mol. The Hall–Kier alpha value is 0.392. The molecule has 0 heterocycles. The van der Waals surface area contributed by atoms with Gasteiger partial charge < -0.3 is 9.90 Å². The van der Waals surface area contributed by atoms with Crippen molar-refractivity contribution in [2.45, 2.75) is 110 Å². The maximum absolute atomic E-state index is 10.2. The summed E-state index contributed by atoms with van der Waals surface area (Å²) in [7, 11) is 0. The van der Waals surface area contributed by atoms with Gasteiger partial charge >= 0.3 is 27.3 Å². The van der Waals surface area contributed by atoms with E-state index < -0.39 is 5.97 Å². The average Bonchev–Trinajstić information content (AvgIpc) is 2.43. The molecule has 0 atom stereocenters. The number of carbonyl (C=O) groups is 1. The molecule has 0 fully saturated rings. The van der Waals surface area contributed by atoms with Gasteiger partial charge in [0.25, 0.3) is 0 Å². The quantitative estimate of drug-likeness (QED) is 0.234. The van der Waals surface area contributed by atoms with Gasteiger partial charge in [-0.25, -0.2) is 0 Å². The molecule has 21 heavy (non-hydrogen) atoms. The van der Waals surface area contributed by atoms with Crippen molar-refractivity contribution in [2.75, 3.05) is 0 Å². The predicted molar refractivity (Wildman–Crippen MR) is 90.3 cm³/mol. The second kappa shape index (κ2) is 20.4. The van der Waals surface area contributed by atoms with Crippen LogP contribution < -0.4 is 5.11 Å². The monoisotopic (exact) mass is 491 g/mol. The van der Waals surface area contributed by atoms with Gasteiger partial charge in [-0.3, -0.25) is 0 Å². The summed E-state index contributed by atoms with van der Waals surface area (Å²) >= 11 is 0. The number of hydrogen-bond donors (Lipinski definition) is 0. The third-order valence-electron chi connectivity index (χ3n) is 3.98. The summed E-state index contributed by atoms with van der Waals surface area (Å²) in [6.45, 7) is 2.27. The van der Waals surface area contributed by atoms with E-state index in [9.17, 15) is 9.90 Å². The summed E-state index contributed by atoms with van der Waals surface area (Å²) in [5.41, 5.74) is 0. The van der Waals surface area contributed by atoms with Gasteiger partial charge in [-0.05, 0) is 12.8 Å². The fourth-order valence-corrected chi connectivity index (χ4v) is 2.64. The van der Waals surface area contributed by atoms with Crippen LogP contribution in [0, 0.1) is 0 Å². The largest absolute Gasteiger partial charge is 2.00 e. The Balaban J connectivity index is 0. The molecule has 0 saturated heterocycles. The first-order valence-electron chi connectivity index (χ1n) is 8.97. The van der Waals surface area contributed by atoms with E-state index in [1.165, 1.54) is 83.5 Å². The van der Waals surface area contributed by atoms with Gasteiger partial charge in [-0.2, -0.15) is 0 Å². The van der Waals surface area contributed by atoms with Crippen molar-refractivity contribution in [2.24, 2.45) is 0 Å². The van der Waals surface area contributed by atoms with E-state index in [2.05, 4.69) is 6.92 Å². The van der Waals surface area contributed by atoms with Crippen LogP contribution in [-0.4, -0.2) is 33.3 Å². The second-order valence-corrected chi connectivity index (χ2v) is 6.07. The molecule has 0 aromatic heterocycles. The number of carboxylic acid groups (broad SMARTS) is 1. The molecule has 0 aliphatic rings. The molecule has 0 spiro atoms. The van der Waals surface area contributed by atoms with Gasteiger partial charge in [-0.15, -0.1) is 0 Å². The fourth-order valence-electron chi connectivity index (χ4n) is 2.64. The third-order valence-corrected chi connectivity index (χ3v) is 3.98. The fraction of sp³-hybridized carbons (Fsp3) is 0.944. The second-order valence-electron chi connectivity index (χ2n) is 6.07. The first-order chi connectivity index (χ1) is 9.77. The van der Waals surface area contributed by atoms with Crippen LogP contribution in [0.2, 0.25) is 0 Å². The van der Waals surface area contributed by atoms with Crippen LogP contribution in [0.5, 0.6) is 0 Å². The van der Waals surface area contributed by atoms with E-state index in [1.54, 1.807) is 0 Å². The van der Waals surface area contributed by atoms with Crippen molar-refractivity contribution in [1.29, 1.82) is 0 Å². The van der Waals surface area contributed by atoms with Gasteiger partial charge in [0.1, 0.15) is 0 Å². The minimum absolute atomic E-state index is 0. The molecule has 0 aliphatic heterocycles. The minimum Gasteiger partial charge on any atom is -0.550 e. The van der Waals surface area contributed by atoms with Crippen LogP contribution in [-0.2, 0) is 4.79 Å². The molecule has 0 bridgehead atoms. The van der Waals surface area contributed by atoms with Crippen LogP contribution in [0.15, 0.2) is 0 Å². The van der Waals surface area contributed by atoms with Crippen LogP contribution >= 0.6 is 0 Å². The molecule has 2 radical (unpaired) electrons.